The number of anilines is 1. The van der Waals surface area contributed by atoms with E-state index in [-0.39, 0.29) is 11.3 Å². The standard InChI is InChI=1S/C12H10BrFN2O2/c13-11-4-2-8(18-11)6-16-10-5-7(12(15)17)1-3-9(10)14/h1-5,16H,6H2,(H2,15,17). The lowest BCUT2D eigenvalue weighted by molar-refractivity contribution is 0.100. The van der Waals surface area contributed by atoms with Crippen molar-refractivity contribution in [1.82, 2.24) is 0 Å². The zero-order valence-electron chi connectivity index (χ0n) is 9.24. The Hall–Kier alpha value is -1.82. The second kappa shape index (κ2) is 5.22. The van der Waals surface area contributed by atoms with Crippen LogP contribution in [-0.4, -0.2) is 5.91 Å². The molecule has 1 aromatic carbocycles. The first-order chi connectivity index (χ1) is 8.56. The molecule has 1 amide bonds. The van der Waals surface area contributed by atoms with E-state index in [1.807, 2.05) is 0 Å². The number of carbonyl (C=O) groups is 1. The highest BCUT2D eigenvalue weighted by Crippen LogP contribution is 2.19. The summed E-state index contributed by atoms with van der Waals surface area (Å²) in [5.74, 6) is -0.407. The number of hydrogen-bond acceptors (Lipinski definition) is 3. The van der Waals surface area contributed by atoms with Crippen LogP contribution >= 0.6 is 15.9 Å². The molecule has 1 heterocycles. The average Bonchev–Trinajstić information content (AvgIpc) is 2.74. The molecular formula is C12H10BrFN2O2. The van der Waals surface area contributed by atoms with Crippen molar-refractivity contribution in [2.75, 3.05) is 5.32 Å². The maximum Gasteiger partial charge on any atom is 0.248 e. The number of halogens is 2. The Morgan fingerprint density at radius 1 is 1.39 bits per heavy atom. The molecule has 0 radical (unpaired) electrons. The van der Waals surface area contributed by atoms with Gasteiger partial charge >= 0.3 is 0 Å². The third-order valence-corrected chi connectivity index (χ3v) is 2.76. The smallest absolute Gasteiger partial charge is 0.248 e. The molecule has 2 aromatic rings. The average molecular weight is 313 g/mol. The van der Waals surface area contributed by atoms with Gasteiger partial charge in [-0.3, -0.25) is 4.79 Å². The van der Waals surface area contributed by atoms with Crippen molar-refractivity contribution < 1.29 is 13.6 Å². The molecule has 0 aliphatic carbocycles. The number of rotatable bonds is 4. The van der Waals surface area contributed by atoms with Gasteiger partial charge in [-0.05, 0) is 46.3 Å². The number of benzene rings is 1. The van der Waals surface area contributed by atoms with Gasteiger partial charge in [0.25, 0.3) is 0 Å². The van der Waals surface area contributed by atoms with Gasteiger partial charge in [0, 0.05) is 5.56 Å². The highest BCUT2D eigenvalue weighted by Gasteiger charge is 2.07. The third-order valence-electron chi connectivity index (χ3n) is 2.33. The Morgan fingerprint density at radius 3 is 2.78 bits per heavy atom. The second-order valence-corrected chi connectivity index (χ2v) is 4.40. The number of amides is 1. The van der Waals surface area contributed by atoms with E-state index in [2.05, 4.69) is 21.2 Å². The minimum absolute atomic E-state index is 0.207. The number of hydrogen-bond donors (Lipinski definition) is 2. The van der Waals surface area contributed by atoms with Crippen LogP contribution in [0.1, 0.15) is 16.1 Å². The van der Waals surface area contributed by atoms with E-state index in [9.17, 15) is 9.18 Å². The summed E-state index contributed by atoms with van der Waals surface area (Å²) in [6.45, 7) is 0.310. The van der Waals surface area contributed by atoms with Gasteiger partial charge in [0.05, 0.1) is 12.2 Å². The van der Waals surface area contributed by atoms with Crippen molar-refractivity contribution in [2.45, 2.75) is 6.54 Å². The molecular weight excluding hydrogens is 303 g/mol. The lowest BCUT2D eigenvalue weighted by Gasteiger charge is -2.07. The Labute approximate surface area is 111 Å². The quantitative estimate of drug-likeness (QED) is 0.912. The fourth-order valence-corrected chi connectivity index (χ4v) is 1.78. The van der Waals surface area contributed by atoms with E-state index in [0.717, 1.165) is 0 Å². The molecule has 2 rings (SSSR count). The van der Waals surface area contributed by atoms with Gasteiger partial charge < -0.3 is 15.5 Å². The molecule has 0 saturated heterocycles. The van der Waals surface area contributed by atoms with Crippen molar-refractivity contribution >= 4 is 27.5 Å². The predicted octanol–water partition coefficient (Wildman–Crippen LogP) is 2.89. The van der Waals surface area contributed by atoms with Crippen molar-refractivity contribution in [3.05, 3.63) is 52.1 Å². The fourth-order valence-electron chi connectivity index (χ4n) is 1.44. The normalized spacial score (nSPS) is 10.3. The number of nitrogens with two attached hydrogens (primary N) is 1. The summed E-state index contributed by atoms with van der Waals surface area (Å²) in [6.07, 6.45) is 0. The molecule has 0 atom stereocenters. The number of primary amides is 1. The maximum atomic E-state index is 13.5. The van der Waals surface area contributed by atoms with Crippen LogP contribution in [0.3, 0.4) is 0 Å². The summed E-state index contributed by atoms with van der Waals surface area (Å²) in [4.78, 5) is 11.0. The summed E-state index contributed by atoms with van der Waals surface area (Å²) >= 11 is 3.17. The molecule has 0 aliphatic heterocycles. The molecule has 1 aromatic heterocycles. The molecule has 4 nitrogen and oxygen atoms in total. The first kappa shape index (κ1) is 12.6. The highest BCUT2D eigenvalue weighted by atomic mass is 79.9. The van der Waals surface area contributed by atoms with E-state index >= 15 is 0 Å². The first-order valence-electron chi connectivity index (χ1n) is 5.13. The highest BCUT2D eigenvalue weighted by molar-refractivity contribution is 9.10. The summed E-state index contributed by atoms with van der Waals surface area (Å²) < 4.78 is 19.4. The topological polar surface area (TPSA) is 68.3 Å². The Kier molecular flexibility index (Phi) is 3.66. The fraction of sp³-hybridized carbons (Fsp3) is 0.0833. The molecule has 0 spiro atoms. The predicted molar refractivity (Wildman–Crippen MR) is 68.7 cm³/mol. The van der Waals surface area contributed by atoms with Crippen LogP contribution in [-0.2, 0) is 6.54 Å². The molecule has 0 unspecified atom stereocenters. The molecule has 0 saturated carbocycles. The number of furan rings is 1. The van der Waals surface area contributed by atoms with Crippen molar-refractivity contribution in [2.24, 2.45) is 5.73 Å². The second-order valence-electron chi connectivity index (χ2n) is 3.62. The third kappa shape index (κ3) is 2.89. The van der Waals surface area contributed by atoms with Crippen molar-refractivity contribution in [1.29, 1.82) is 0 Å². The molecule has 3 N–H and O–H groups in total. The van der Waals surface area contributed by atoms with Gasteiger partial charge in [-0.25, -0.2) is 4.39 Å². The van der Waals surface area contributed by atoms with E-state index in [4.69, 9.17) is 10.2 Å². The lowest BCUT2D eigenvalue weighted by atomic mass is 10.2. The number of nitrogens with one attached hydrogen (secondary N) is 1. The van der Waals surface area contributed by atoms with Crippen LogP contribution < -0.4 is 11.1 Å². The Balaban J connectivity index is 2.13. The van der Waals surface area contributed by atoms with Gasteiger partial charge in [0.1, 0.15) is 11.6 Å². The SMILES string of the molecule is NC(=O)c1ccc(F)c(NCc2ccc(Br)o2)c1. The Morgan fingerprint density at radius 2 is 2.17 bits per heavy atom. The van der Waals surface area contributed by atoms with Crippen molar-refractivity contribution in [3.63, 3.8) is 0 Å². The van der Waals surface area contributed by atoms with Crippen LogP contribution in [0.5, 0.6) is 0 Å². The zero-order chi connectivity index (χ0) is 13.1. The molecule has 0 bridgehead atoms. The maximum absolute atomic E-state index is 13.5. The van der Waals surface area contributed by atoms with Crippen LogP contribution in [0.15, 0.2) is 39.4 Å². The van der Waals surface area contributed by atoms with E-state index in [0.29, 0.717) is 17.0 Å². The van der Waals surface area contributed by atoms with Gasteiger partial charge in [-0.1, -0.05) is 0 Å². The Bertz CT molecular complexity index is 583. The van der Waals surface area contributed by atoms with E-state index < -0.39 is 11.7 Å². The lowest BCUT2D eigenvalue weighted by Crippen LogP contribution is -2.12. The van der Waals surface area contributed by atoms with E-state index in [1.54, 1.807) is 12.1 Å². The van der Waals surface area contributed by atoms with E-state index in [1.165, 1.54) is 18.2 Å². The van der Waals surface area contributed by atoms with Gasteiger partial charge in [-0.2, -0.15) is 0 Å². The molecule has 0 fully saturated rings. The molecule has 18 heavy (non-hydrogen) atoms. The monoisotopic (exact) mass is 312 g/mol. The van der Waals surface area contributed by atoms with Crippen LogP contribution in [0, 0.1) is 5.82 Å². The van der Waals surface area contributed by atoms with Gasteiger partial charge in [0.2, 0.25) is 5.91 Å². The summed E-state index contributed by atoms with van der Waals surface area (Å²) in [5, 5.41) is 2.84. The van der Waals surface area contributed by atoms with Crippen LogP contribution in [0.4, 0.5) is 10.1 Å². The summed E-state index contributed by atoms with van der Waals surface area (Å²) in [7, 11) is 0. The summed E-state index contributed by atoms with van der Waals surface area (Å²) in [5.41, 5.74) is 5.59. The molecule has 94 valence electrons. The van der Waals surface area contributed by atoms with Gasteiger partial charge in [0.15, 0.2) is 4.67 Å². The number of carbonyl (C=O) groups excluding carboxylic acids is 1. The molecule has 6 heteroatoms. The zero-order valence-corrected chi connectivity index (χ0v) is 10.8. The summed E-state index contributed by atoms with van der Waals surface area (Å²) in [6, 6.07) is 7.41. The van der Waals surface area contributed by atoms with Crippen LogP contribution in [0.2, 0.25) is 0 Å². The van der Waals surface area contributed by atoms with Gasteiger partial charge in [-0.15, -0.1) is 0 Å². The van der Waals surface area contributed by atoms with Crippen molar-refractivity contribution in [3.8, 4) is 0 Å². The molecule has 0 aliphatic rings. The van der Waals surface area contributed by atoms with Crippen LogP contribution in [0.25, 0.3) is 0 Å². The minimum Gasteiger partial charge on any atom is -0.452 e. The minimum atomic E-state index is -0.598. The first-order valence-corrected chi connectivity index (χ1v) is 5.93. The largest absolute Gasteiger partial charge is 0.452 e.